The van der Waals surface area contributed by atoms with Gasteiger partial charge in [-0.3, -0.25) is 0 Å². The summed E-state index contributed by atoms with van der Waals surface area (Å²) in [6.45, 7) is 6.41. The van der Waals surface area contributed by atoms with Crippen molar-refractivity contribution >= 4 is 27.5 Å². The monoisotopic (exact) mass is 302 g/mol. The van der Waals surface area contributed by atoms with Gasteiger partial charge in [0, 0.05) is 24.0 Å². The molecular formula is C13H22N2O2S2. The minimum Gasteiger partial charge on any atom is -0.382 e. The first kappa shape index (κ1) is 16.3. The molecule has 19 heavy (non-hydrogen) atoms. The summed E-state index contributed by atoms with van der Waals surface area (Å²) in [5.41, 5.74) is 0.944. The summed E-state index contributed by atoms with van der Waals surface area (Å²) in [4.78, 5) is 0.301. The fourth-order valence-corrected chi connectivity index (χ4v) is 3.34. The molecule has 0 bridgehead atoms. The highest BCUT2D eigenvalue weighted by atomic mass is 32.2. The lowest BCUT2D eigenvalue weighted by atomic mass is 10.3. The Morgan fingerprint density at radius 1 is 1.21 bits per heavy atom. The van der Waals surface area contributed by atoms with Gasteiger partial charge in [0.1, 0.15) is 0 Å². The second kappa shape index (κ2) is 7.77. The summed E-state index contributed by atoms with van der Waals surface area (Å²) >= 11 is 1.88. The first-order valence-electron chi connectivity index (χ1n) is 6.43. The van der Waals surface area contributed by atoms with Crippen LogP contribution in [0.5, 0.6) is 0 Å². The molecular weight excluding hydrogens is 280 g/mol. The van der Waals surface area contributed by atoms with Crippen LogP contribution in [-0.2, 0) is 10.0 Å². The fourth-order valence-electron chi connectivity index (χ4n) is 1.62. The van der Waals surface area contributed by atoms with Crippen molar-refractivity contribution in [3.63, 3.8) is 0 Å². The Morgan fingerprint density at radius 2 is 1.84 bits per heavy atom. The third-order valence-corrected chi connectivity index (χ3v) is 5.19. The Kier molecular flexibility index (Phi) is 6.68. The maximum atomic E-state index is 11.8. The van der Waals surface area contributed by atoms with Crippen LogP contribution in [-0.4, -0.2) is 32.5 Å². The van der Waals surface area contributed by atoms with E-state index in [4.69, 9.17) is 0 Å². The molecule has 0 aliphatic heterocycles. The number of benzene rings is 1. The van der Waals surface area contributed by atoms with Gasteiger partial charge in [0.05, 0.1) is 4.90 Å². The van der Waals surface area contributed by atoms with Crippen molar-refractivity contribution in [2.75, 3.05) is 23.4 Å². The summed E-state index contributed by atoms with van der Waals surface area (Å²) in [6, 6.07) is 7.22. The zero-order valence-electron chi connectivity index (χ0n) is 11.6. The smallest absolute Gasteiger partial charge is 0.240 e. The SMILES string of the molecule is CCNS(=O)(=O)c1ccc(NC(C)CSCC)cc1. The van der Waals surface area contributed by atoms with Crippen molar-refractivity contribution in [1.82, 2.24) is 4.72 Å². The average Bonchev–Trinajstić information content (AvgIpc) is 2.37. The molecule has 0 aliphatic carbocycles. The molecule has 0 spiro atoms. The molecule has 0 fully saturated rings. The lowest BCUT2D eigenvalue weighted by Gasteiger charge is -2.15. The molecule has 0 heterocycles. The van der Waals surface area contributed by atoms with Crippen LogP contribution in [0, 0.1) is 0 Å². The molecule has 0 radical (unpaired) electrons. The number of thioether (sulfide) groups is 1. The molecule has 4 nitrogen and oxygen atoms in total. The van der Waals surface area contributed by atoms with Crippen LogP contribution in [0.4, 0.5) is 5.69 Å². The van der Waals surface area contributed by atoms with Crippen LogP contribution in [0.1, 0.15) is 20.8 Å². The zero-order valence-corrected chi connectivity index (χ0v) is 13.3. The van der Waals surface area contributed by atoms with Crippen LogP contribution in [0.3, 0.4) is 0 Å². The lowest BCUT2D eigenvalue weighted by Crippen LogP contribution is -2.23. The zero-order chi connectivity index (χ0) is 14.3. The van der Waals surface area contributed by atoms with Crippen molar-refractivity contribution in [2.45, 2.75) is 31.7 Å². The maximum absolute atomic E-state index is 11.8. The van der Waals surface area contributed by atoms with Crippen LogP contribution < -0.4 is 10.0 Å². The highest BCUT2D eigenvalue weighted by Crippen LogP contribution is 2.15. The summed E-state index contributed by atoms with van der Waals surface area (Å²) in [7, 11) is -3.35. The Labute approximate surface area is 120 Å². The molecule has 1 rings (SSSR count). The Bertz CT molecular complexity index is 472. The van der Waals surface area contributed by atoms with E-state index in [9.17, 15) is 8.42 Å². The second-order valence-corrected chi connectivity index (χ2v) is 7.32. The molecule has 1 aromatic rings. The molecule has 0 saturated heterocycles. The van der Waals surface area contributed by atoms with E-state index in [1.165, 1.54) is 0 Å². The molecule has 0 aliphatic rings. The topological polar surface area (TPSA) is 58.2 Å². The third-order valence-electron chi connectivity index (χ3n) is 2.48. The van der Waals surface area contributed by atoms with Crippen molar-refractivity contribution in [3.05, 3.63) is 24.3 Å². The molecule has 1 atom stereocenters. The van der Waals surface area contributed by atoms with Crippen molar-refractivity contribution in [1.29, 1.82) is 0 Å². The number of rotatable bonds is 8. The molecule has 0 saturated carbocycles. The van der Waals surface area contributed by atoms with E-state index in [-0.39, 0.29) is 0 Å². The van der Waals surface area contributed by atoms with E-state index >= 15 is 0 Å². The molecule has 6 heteroatoms. The number of sulfonamides is 1. The van der Waals surface area contributed by atoms with E-state index in [0.717, 1.165) is 17.2 Å². The first-order chi connectivity index (χ1) is 8.99. The summed E-state index contributed by atoms with van der Waals surface area (Å²) in [5.74, 6) is 2.14. The van der Waals surface area contributed by atoms with Gasteiger partial charge < -0.3 is 5.32 Å². The summed E-state index contributed by atoms with van der Waals surface area (Å²) in [5, 5.41) is 3.35. The van der Waals surface area contributed by atoms with E-state index in [1.807, 2.05) is 11.8 Å². The van der Waals surface area contributed by atoms with Gasteiger partial charge in [-0.25, -0.2) is 13.1 Å². The minimum absolute atomic E-state index is 0.301. The van der Waals surface area contributed by atoms with Crippen molar-refractivity contribution in [3.8, 4) is 0 Å². The summed E-state index contributed by atoms with van der Waals surface area (Å²) < 4.78 is 26.0. The van der Waals surface area contributed by atoms with Gasteiger partial charge >= 0.3 is 0 Å². The van der Waals surface area contributed by atoms with Gasteiger partial charge in [-0.05, 0) is 36.9 Å². The van der Waals surface area contributed by atoms with Gasteiger partial charge in [-0.15, -0.1) is 0 Å². The predicted molar refractivity (Wildman–Crippen MR) is 83.4 cm³/mol. The first-order valence-corrected chi connectivity index (χ1v) is 9.07. The quantitative estimate of drug-likeness (QED) is 0.775. The molecule has 0 amide bonds. The number of hydrogen-bond donors (Lipinski definition) is 2. The molecule has 1 aromatic carbocycles. The van der Waals surface area contributed by atoms with E-state index < -0.39 is 10.0 Å². The van der Waals surface area contributed by atoms with Crippen molar-refractivity contribution in [2.24, 2.45) is 0 Å². The maximum Gasteiger partial charge on any atom is 0.240 e. The molecule has 1 unspecified atom stereocenters. The molecule has 108 valence electrons. The Hall–Kier alpha value is -0.720. The molecule has 0 aromatic heterocycles. The average molecular weight is 302 g/mol. The van der Waals surface area contributed by atoms with Gasteiger partial charge in [-0.1, -0.05) is 13.8 Å². The standard InChI is InChI=1S/C13H22N2O2S2/c1-4-14-19(16,17)13-8-6-12(7-9-13)15-11(3)10-18-5-2/h6-9,11,14-15H,4-5,10H2,1-3H3. The third kappa shape index (κ3) is 5.42. The fraction of sp³-hybridized carbons (Fsp3) is 0.538. The lowest BCUT2D eigenvalue weighted by molar-refractivity contribution is 0.584. The second-order valence-electron chi connectivity index (χ2n) is 4.23. The number of hydrogen-bond acceptors (Lipinski definition) is 4. The number of anilines is 1. The number of nitrogens with one attached hydrogen (secondary N) is 2. The van der Waals surface area contributed by atoms with E-state index in [2.05, 4.69) is 23.9 Å². The van der Waals surface area contributed by atoms with Crippen LogP contribution in [0.15, 0.2) is 29.2 Å². The highest BCUT2D eigenvalue weighted by molar-refractivity contribution is 7.99. The minimum atomic E-state index is -3.35. The van der Waals surface area contributed by atoms with Gasteiger partial charge in [0.2, 0.25) is 10.0 Å². The van der Waals surface area contributed by atoms with E-state index in [1.54, 1.807) is 31.2 Å². The highest BCUT2D eigenvalue weighted by Gasteiger charge is 2.12. The van der Waals surface area contributed by atoms with Gasteiger partial charge in [0.15, 0.2) is 0 Å². The van der Waals surface area contributed by atoms with Gasteiger partial charge in [0.25, 0.3) is 0 Å². The van der Waals surface area contributed by atoms with Crippen molar-refractivity contribution < 1.29 is 8.42 Å². The normalized spacial score (nSPS) is 13.2. The largest absolute Gasteiger partial charge is 0.382 e. The van der Waals surface area contributed by atoms with Crippen LogP contribution in [0.25, 0.3) is 0 Å². The predicted octanol–water partition coefficient (Wildman–Crippen LogP) is 2.54. The Balaban J connectivity index is 2.66. The molecule has 2 N–H and O–H groups in total. The van der Waals surface area contributed by atoms with Crippen LogP contribution >= 0.6 is 11.8 Å². The van der Waals surface area contributed by atoms with E-state index in [0.29, 0.717) is 17.5 Å². The Morgan fingerprint density at radius 3 is 2.37 bits per heavy atom. The van der Waals surface area contributed by atoms with Crippen LogP contribution in [0.2, 0.25) is 0 Å². The summed E-state index contributed by atoms with van der Waals surface area (Å²) in [6.07, 6.45) is 0. The van der Waals surface area contributed by atoms with Gasteiger partial charge in [-0.2, -0.15) is 11.8 Å².